The van der Waals surface area contributed by atoms with Crippen molar-refractivity contribution in [3.8, 4) is 0 Å². The zero-order valence-corrected chi connectivity index (χ0v) is 13.2. The van der Waals surface area contributed by atoms with E-state index in [0.29, 0.717) is 4.90 Å². The van der Waals surface area contributed by atoms with E-state index in [4.69, 9.17) is 5.84 Å². The van der Waals surface area contributed by atoms with Gasteiger partial charge in [0.05, 0.1) is 10.9 Å². The van der Waals surface area contributed by atoms with Crippen LogP contribution in [0.4, 0.5) is 0 Å². The van der Waals surface area contributed by atoms with Crippen LogP contribution in [0.25, 0.3) is 0 Å². The lowest BCUT2D eigenvalue weighted by molar-refractivity contribution is 0.600. The molecule has 4 nitrogen and oxygen atoms in total. The number of hydrogen-bond donors (Lipinski definition) is 2. The molecule has 0 radical (unpaired) electrons. The summed E-state index contributed by atoms with van der Waals surface area (Å²) in [5.41, 5.74) is 6.90. The fourth-order valence-electron chi connectivity index (χ4n) is 2.36. The summed E-state index contributed by atoms with van der Waals surface area (Å²) in [6.07, 6.45) is 1.20. The maximum absolute atomic E-state index is 11.7. The quantitative estimate of drug-likeness (QED) is 0.671. The molecule has 0 fully saturated rings. The van der Waals surface area contributed by atoms with Gasteiger partial charge in [-0.15, -0.1) is 0 Å². The first-order chi connectivity index (χ1) is 9.82. The maximum atomic E-state index is 11.7. The zero-order valence-electron chi connectivity index (χ0n) is 12.4. The van der Waals surface area contributed by atoms with Gasteiger partial charge in [-0.1, -0.05) is 35.9 Å². The molecule has 0 saturated carbocycles. The first-order valence-corrected chi connectivity index (χ1v) is 8.55. The summed E-state index contributed by atoms with van der Waals surface area (Å²) in [5, 5.41) is 0. The Kier molecular flexibility index (Phi) is 4.46. The van der Waals surface area contributed by atoms with E-state index in [0.717, 1.165) is 22.3 Å². The number of aryl methyl sites for hydroxylation is 2. The van der Waals surface area contributed by atoms with Crippen molar-refractivity contribution in [3.63, 3.8) is 0 Å². The predicted octanol–water partition coefficient (Wildman–Crippen LogP) is 2.26. The molecule has 112 valence electrons. The van der Waals surface area contributed by atoms with Crippen LogP contribution in [-0.4, -0.2) is 14.7 Å². The van der Waals surface area contributed by atoms with Crippen molar-refractivity contribution in [2.45, 2.75) is 24.8 Å². The van der Waals surface area contributed by atoms with Crippen molar-refractivity contribution in [3.05, 3.63) is 64.7 Å². The Balaban J connectivity index is 2.54. The molecule has 2 aromatic carbocycles. The Hall–Kier alpha value is -1.69. The van der Waals surface area contributed by atoms with Gasteiger partial charge in [0.25, 0.3) is 0 Å². The van der Waals surface area contributed by atoms with E-state index in [9.17, 15) is 8.42 Å². The number of hydrogen-bond acceptors (Lipinski definition) is 4. The Labute approximate surface area is 125 Å². The summed E-state index contributed by atoms with van der Waals surface area (Å²) >= 11 is 0. The Morgan fingerprint density at radius 2 is 1.81 bits per heavy atom. The Morgan fingerprint density at radius 3 is 2.43 bits per heavy atom. The number of nitrogens with two attached hydrogens (primary N) is 1. The molecule has 0 aliphatic heterocycles. The third-order valence-electron chi connectivity index (χ3n) is 3.53. The molecule has 0 bridgehead atoms. The van der Waals surface area contributed by atoms with Gasteiger partial charge in [-0.25, -0.2) is 13.8 Å². The van der Waals surface area contributed by atoms with Crippen molar-refractivity contribution in [2.24, 2.45) is 5.84 Å². The van der Waals surface area contributed by atoms with Crippen molar-refractivity contribution < 1.29 is 8.42 Å². The standard InChI is InChI=1S/C16H20N2O2S/c1-11-7-8-12(2)15(9-11)16(18-17)13-5-4-6-14(10-13)21(3,19)20/h4-10,16,18H,17H2,1-3H3. The third kappa shape index (κ3) is 3.50. The van der Waals surface area contributed by atoms with Gasteiger partial charge in [0.2, 0.25) is 0 Å². The van der Waals surface area contributed by atoms with Crippen molar-refractivity contribution in [1.29, 1.82) is 0 Å². The molecular weight excluding hydrogens is 284 g/mol. The van der Waals surface area contributed by atoms with Crippen LogP contribution >= 0.6 is 0 Å². The van der Waals surface area contributed by atoms with Crippen molar-refractivity contribution in [2.75, 3.05) is 6.26 Å². The van der Waals surface area contributed by atoms with Crippen molar-refractivity contribution in [1.82, 2.24) is 5.43 Å². The highest BCUT2D eigenvalue weighted by Gasteiger charge is 2.17. The number of hydrazine groups is 1. The second-order valence-corrected chi connectivity index (χ2v) is 7.32. The Bertz CT molecular complexity index is 755. The largest absolute Gasteiger partial charge is 0.271 e. The molecule has 0 aliphatic carbocycles. The fourth-order valence-corrected chi connectivity index (χ4v) is 3.04. The van der Waals surface area contributed by atoms with Crippen LogP contribution in [0, 0.1) is 13.8 Å². The molecule has 1 atom stereocenters. The third-order valence-corrected chi connectivity index (χ3v) is 4.64. The van der Waals surface area contributed by atoms with E-state index in [1.807, 2.05) is 32.0 Å². The lowest BCUT2D eigenvalue weighted by Gasteiger charge is -2.20. The minimum atomic E-state index is -3.24. The summed E-state index contributed by atoms with van der Waals surface area (Å²) in [6.45, 7) is 4.03. The molecule has 5 heteroatoms. The lowest BCUT2D eigenvalue weighted by Crippen LogP contribution is -2.29. The zero-order chi connectivity index (χ0) is 15.6. The first-order valence-electron chi connectivity index (χ1n) is 6.66. The summed E-state index contributed by atoms with van der Waals surface area (Å²) in [4.78, 5) is 0.297. The minimum absolute atomic E-state index is 0.244. The van der Waals surface area contributed by atoms with Gasteiger partial charge in [0.15, 0.2) is 9.84 Å². The molecule has 0 aromatic heterocycles. The second kappa shape index (κ2) is 5.97. The molecular formula is C16H20N2O2S. The van der Waals surface area contributed by atoms with Crippen LogP contribution in [0.15, 0.2) is 47.4 Å². The number of nitrogens with one attached hydrogen (secondary N) is 1. The average molecular weight is 304 g/mol. The van der Waals surface area contributed by atoms with Gasteiger partial charge >= 0.3 is 0 Å². The molecule has 2 aromatic rings. The minimum Gasteiger partial charge on any atom is -0.271 e. The highest BCUT2D eigenvalue weighted by atomic mass is 32.2. The monoisotopic (exact) mass is 304 g/mol. The van der Waals surface area contributed by atoms with Crippen LogP contribution in [-0.2, 0) is 9.84 Å². The van der Waals surface area contributed by atoms with E-state index in [-0.39, 0.29) is 6.04 Å². The summed E-state index contributed by atoms with van der Waals surface area (Å²) in [7, 11) is -3.24. The van der Waals surface area contributed by atoms with Crippen LogP contribution in [0.3, 0.4) is 0 Å². The highest BCUT2D eigenvalue weighted by Crippen LogP contribution is 2.26. The van der Waals surface area contributed by atoms with E-state index in [1.54, 1.807) is 18.2 Å². The number of benzene rings is 2. The van der Waals surface area contributed by atoms with Crippen LogP contribution in [0.5, 0.6) is 0 Å². The van der Waals surface area contributed by atoms with Gasteiger partial charge < -0.3 is 0 Å². The fraction of sp³-hybridized carbons (Fsp3) is 0.250. The molecule has 0 saturated heterocycles. The highest BCUT2D eigenvalue weighted by molar-refractivity contribution is 7.90. The first kappa shape index (κ1) is 15.7. The van der Waals surface area contributed by atoms with Gasteiger partial charge in [0, 0.05) is 6.26 Å². The molecule has 0 spiro atoms. The number of rotatable bonds is 4. The van der Waals surface area contributed by atoms with Gasteiger partial charge in [-0.3, -0.25) is 5.84 Å². The summed E-state index contributed by atoms with van der Waals surface area (Å²) < 4.78 is 23.4. The molecule has 0 heterocycles. The molecule has 0 amide bonds. The van der Waals surface area contributed by atoms with E-state index >= 15 is 0 Å². The smallest absolute Gasteiger partial charge is 0.175 e. The summed E-state index contributed by atoms with van der Waals surface area (Å²) in [5.74, 6) is 5.72. The van der Waals surface area contributed by atoms with Crippen molar-refractivity contribution >= 4 is 9.84 Å². The van der Waals surface area contributed by atoms with Crippen LogP contribution in [0.1, 0.15) is 28.3 Å². The van der Waals surface area contributed by atoms with Gasteiger partial charge in [-0.05, 0) is 42.7 Å². The lowest BCUT2D eigenvalue weighted by atomic mass is 9.94. The second-order valence-electron chi connectivity index (χ2n) is 5.30. The van der Waals surface area contributed by atoms with Crippen LogP contribution < -0.4 is 11.3 Å². The van der Waals surface area contributed by atoms with E-state index in [2.05, 4.69) is 11.5 Å². The van der Waals surface area contributed by atoms with E-state index < -0.39 is 9.84 Å². The van der Waals surface area contributed by atoms with Gasteiger partial charge in [-0.2, -0.15) is 0 Å². The van der Waals surface area contributed by atoms with Gasteiger partial charge in [0.1, 0.15) is 0 Å². The predicted molar refractivity (Wildman–Crippen MR) is 84.6 cm³/mol. The molecule has 3 N–H and O–H groups in total. The Morgan fingerprint density at radius 1 is 1.10 bits per heavy atom. The summed E-state index contributed by atoms with van der Waals surface area (Å²) in [6, 6.07) is 12.8. The van der Waals surface area contributed by atoms with Crippen LogP contribution in [0.2, 0.25) is 0 Å². The topological polar surface area (TPSA) is 72.2 Å². The van der Waals surface area contributed by atoms with E-state index in [1.165, 1.54) is 6.26 Å². The molecule has 1 unspecified atom stereocenters. The molecule has 2 rings (SSSR count). The average Bonchev–Trinajstić information content (AvgIpc) is 2.43. The SMILES string of the molecule is Cc1ccc(C)c(C(NN)c2cccc(S(C)(=O)=O)c2)c1. The molecule has 0 aliphatic rings. The normalized spacial score (nSPS) is 13.1. The maximum Gasteiger partial charge on any atom is 0.175 e. The molecule has 21 heavy (non-hydrogen) atoms. The number of sulfone groups is 1.